The Morgan fingerprint density at radius 2 is 2.08 bits per heavy atom. The number of ether oxygens (including phenoxy) is 1. The number of benzene rings is 2. The normalized spacial score (nSPS) is 12.1. The molecule has 0 unspecified atom stereocenters. The molecule has 0 saturated heterocycles. The van der Waals surface area contributed by atoms with Gasteiger partial charge in [0, 0.05) is 29.2 Å². The minimum absolute atomic E-state index is 0.0210. The number of methoxy groups -OCH3 is 1. The van der Waals surface area contributed by atoms with E-state index in [1.54, 1.807) is 43.5 Å². The molecule has 2 aromatic carbocycles. The van der Waals surface area contributed by atoms with Crippen LogP contribution in [0.25, 0.3) is 17.0 Å². The molecular formula is C18H16ClFN2O3S. The molecule has 0 spiro atoms. The predicted octanol–water partition coefficient (Wildman–Crippen LogP) is 4.42. The average molecular weight is 395 g/mol. The van der Waals surface area contributed by atoms with E-state index < -0.39 is 15.8 Å². The summed E-state index contributed by atoms with van der Waals surface area (Å²) in [5.74, 6) is -0.670. The number of sulfonamides is 1. The second kappa shape index (κ2) is 7.49. The first-order valence-corrected chi connectivity index (χ1v) is 9.51. The smallest absolute Gasteiger partial charge is 0.264 e. The van der Waals surface area contributed by atoms with Gasteiger partial charge in [0.1, 0.15) is 10.7 Å². The lowest BCUT2D eigenvalue weighted by atomic mass is 10.2. The molecule has 5 nitrogen and oxygen atoms in total. The quantitative estimate of drug-likeness (QED) is 0.650. The van der Waals surface area contributed by atoms with E-state index in [1.165, 1.54) is 18.3 Å². The van der Waals surface area contributed by atoms with Gasteiger partial charge in [-0.25, -0.2) is 12.8 Å². The number of hydrogen-bond acceptors (Lipinski definition) is 3. The summed E-state index contributed by atoms with van der Waals surface area (Å²) in [6, 6.07) is 9.06. The van der Waals surface area contributed by atoms with Gasteiger partial charge in [0.15, 0.2) is 0 Å². The van der Waals surface area contributed by atoms with Crippen molar-refractivity contribution in [3.8, 4) is 0 Å². The van der Waals surface area contributed by atoms with Crippen molar-refractivity contribution < 1.29 is 17.5 Å². The molecule has 3 rings (SSSR count). The van der Waals surface area contributed by atoms with Crippen molar-refractivity contribution in [3.63, 3.8) is 0 Å². The molecule has 0 amide bonds. The monoisotopic (exact) mass is 394 g/mol. The SMILES string of the molecule is COC/C=C/c1ccc(NS(=O)(=O)c2c[nH]c3cc(Cl)ccc23)c(F)c1. The molecule has 1 heterocycles. The van der Waals surface area contributed by atoms with Gasteiger partial charge in [-0.1, -0.05) is 29.8 Å². The number of anilines is 1. The lowest BCUT2D eigenvalue weighted by Gasteiger charge is -2.09. The number of hydrogen-bond donors (Lipinski definition) is 2. The molecule has 8 heteroatoms. The van der Waals surface area contributed by atoms with Crippen LogP contribution >= 0.6 is 11.6 Å². The zero-order valence-corrected chi connectivity index (χ0v) is 15.4. The van der Waals surface area contributed by atoms with Crippen molar-refractivity contribution in [1.29, 1.82) is 0 Å². The molecule has 26 heavy (non-hydrogen) atoms. The number of rotatable bonds is 6. The molecule has 0 atom stereocenters. The van der Waals surface area contributed by atoms with Crippen molar-refractivity contribution in [2.75, 3.05) is 18.4 Å². The van der Waals surface area contributed by atoms with Crippen molar-refractivity contribution in [2.24, 2.45) is 0 Å². The van der Waals surface area contributed by atoms with Gasteiger partial charge in [-0.2, -0.15) is 0 Å². The number of H-pyrrole nitrogens is 1. The Bertz CT molecular complexity index is 1080. The van der Waals surface area contributed by atoms with Crippen LogP contribution in [0.3, 0.4) is 0 Å². The largest absolute Gasteiger partial charge is 0.381 e. The molecule has 3 aromatic rings. The second-order valence-corrected chi connectivity index (χ2v) is 7.63. The first-order valence-electron chi connectivity index (χ1n) is 7.65. The van der Waals surface area contributed by atoms with Crippen LogP contribution in [0.2, 0.25) is 5.02 Å². The highest BCUT2D eigenvalue weighted by atomic mass is 35.5. The fraction of sp³-hybridized carbons (Fsp3) is 0.111. The highest BCUT2D eigenvalue weighted by molar-refractivity contribution is 7.93. The molecular weight excluding hydrogens is 379 g/mol. The van der Waals surface area contributed by atoms with E-state index in [1.807, 2.05) is 0 Å². The maximum Gasteiger partial charge on any atom is 0.264 e. The summed E-state index contributed by atoms with van der Waals surface area (Å²) >= 11 is 5.90. The number of halogens is 2. The molecule has 0 aliphatic heterocycles. The van der Waals surface area contributed by atoms with Crippen LogP contribution in [0, 0.1) is 5.82 Å². The third-order valence-electron chi connectivity index (χ3n) is 3.71. The van der Waals surface area contributed by atoms with Crippen molar-refractivity contribution in [1.82, 2.24) is 4.98 Å². The Kier molecular flexibility index (Phi) is 5.31. The van der Waals surface area contributed by atoms with E-state index in [9.17, 15) is 12.8 Å². The van der Waals surface area contributed by atoms with Crippen LogP contribution in [-0.2, 0) is 14.8 Å². The average Bonchev–Trinajstić information content (AvgIpc) is 3.01. The highest BCUT2D eigenvalue weighted by Gasteiger charge is 2.20. The summed E-state index contributed by atoms with van der Waals surface area (Å²) in [6.45, 7) is 0.403. The Balaban J connectivity index is 1.89. The van der Waals surface area contributed by atoms with Crippen LogP contribution < -0.4 is 4.72 Å². The summed E-state index contributed by atoms with van der Waals surface area (Å²) in [5.41, 5.74) is 1.05. The molecule has 0 saturated carbocycles. The number of aromatic nitrogens is 1. The Morgan fingerprint density at radius 1 is 1.27 bits per heavy atom. The van der Waals surface area contributed by atoms with Crippen molar-refractivity contribution >= 4 is 44.3 Å². The van der Waals surface area contributed by atoms with Gasteiger partial charge in [0.2, 0.25) is 0 Å². The zero-order chi connectivity index (χ0) is 18.7. The number of aromatic amines is 1. The van der Waals surface area contributed by atoms with Gasteiger partial charge in [-0.3, -0.25) is 4.72 Å². The Labute approximate surface area is 155 Å². The topological polar surface area (TPSA) is 71.2 Å². The first-order chi connectivity index (χ1) is 12.4. The summed E-state index contributed by atoms with van der Waals surface area (Å²) in [6.07, 6.45) is 4.77. The molecule has 0 fully saturated rings. The molecule has 2 N–H and O–H groups in total. The van der Waals surface area contributed by atoms with Gasteiger partial charge in [0.25, 0.3) is 10.0 Å². The van der Waals surface area contributed by atoms with E-state index in [0.29, 0.717) is 28.1 Å². The third kappa shape index (κ3) is 3.90. The lowest BCUT2D eigenvalue weighted by Crippen LogP contribution is -2.13. The molecule has 1 aromatic heterocycles. The maximum absolute atomic E-state index is 14.3. The molecule has 0 aliphatic rings. The van der Waals surface area contributed by atoms with Crippen LogP contribution in [0.15, 0.2) is 53.6 Å². The zero-order valence-electron chi connectivity index (χ0n) is 13.8. The number of fused-ring (bicyclic) bond motifs is 1. The van der Waals surface area contributed by atoms with Crippen LogP contribution in [0.4, 0.5) is 10.1 Å². The van der Waals surface area contributed by atoms with Gasteiger partial charge < -0.3 is 9.72 Å². The first kappa shape index (κ1) is 18.4. The summed E-state index contributed by atoms with van der Waals surface area (Å²) in [7, 11) is -2.41. The summed E-state index contributed by atoms with van der Waals surface area (Å²) in [5, 5.41) is 0.959. The standard InChI is InChI=1S/C18H16ClFN2O3S/c1-25-8-2-3-12-4-7-16(15(20)9-12)22-26(23,24)18-11-21-17-10-13(19)5-6-14(17)18/h2-7,9-11,21-22H,8H2,1H3/b3-2+. The number of nitrogens with one attached hydrogen (secondary N) is 2. The van der Waals surface area contributed by atoms with E-state index >= 15 is 0 Å². The van der Waals surface area contributed by atoms with E-state index in [-0.39, 0.29) is 10.6 Å². The molecule has 0 radical (unpaired) electrons. The van der Waals surface area contributed by atoms with E-state index in [2.05, 4.69) is 9.71 Å². The Hall–Kier alpha value is -2.35. The minimum Gasteiger partial charge on any atom is -0.381 e. The maximum atomic E-state index is 14.3. The van der Waals surface area contributed by atoms with Gasteiger partial charge >= 0.3 is 0 Å². The van der Waals surface area contributed by atoms with Gasteiger partial charge in [0.05, 0.1) is 12.3 Å². The van der Waals surface area contributed by atoms with Crippen molar-refractivity contribution in [3.05, 3.63) is 65.1 Å². The second-order valence-electron chi connectivity index (χ2n) is 5.55. The fourth-order valence-electron chi connectivity index (χ4n) is 2.49. The lowest BCUT2D eigenvalue weighted by molar-refractivity contribution is 0.234. The minimum atomic E-state index is -3.97. The molecule has 0 bridgehead atoms. The van der Waals surface area contributed by atoms with Gasteiger partial charge in [-0.05, 0) is 35.9 Å². The molecule has 136 valence electrons. The third-order valence-corrected chi connectivity index (χ3v) is 5.35. The fourth-order valence-corrected chi connectivity index (χ4v) is 3.91. The van der Waals surface area contributed by atoms with Crippen LogP contribution in [0.1, 0.15) is 5.56 Å². The highest BCUT2D eigenvalue weighted by Crippen LogP contribution is 2.28. The van der Waals surface area contributed by atoms with Gasteiger partial charge in [-0.15, -0.1) is 0 Å². The predicted molar refractivity (Wildman–Crippen MR) is 101 cm³/mol. The summed E-state index contributed by atoms with van der Waals surface area (Å²) < 4.78 is 46.7. The van der Waals surface area contributed by atoms with Crippen LogP contribution in [-0.4, -0.2) is 27.1 Å². The summed E-state index contributed by atoms with van der Waals surface area (Å²) in [4.78, 5) is 2.88. The van der Waals surface area contributed by atoms with E-state index in [0.717, 1.165) is 0 Å². The van der Waals surface area contributed by atoms with Crippen molar-refractivity contribution in [2.45, 2.75) is 4.90 Å². The Morgan fingerprint density at radius 3 is 2.81 bits per heavy atom. The van der Waals surface area contributed by atoms with E-state index in [4.69, 9.17) is 16.3 Å². The van der Waals surface area contributed by atoms with Crippen LogP contribution in [0.5, 0.6) is 0 Å². The molecule has 0 aliphatic carbocycles.